The molecule has 0 aliphatic carbocycles. The van der Waals surface area contributed by atoms with Gasteiger partial charge in [-0.15, -0.1) is 0 Å². The number of nitrogens with two attached hydrogens (primary N) is 1. The van der Waals surface area contributed by atoms with Gasteiger partial charge in [-0.3, -0.25) is 14.5 Å². The van der Waals surface area contributed by atoms with Gasteiger partial charge in [-0.05, 0) is 31.9 Å². The van der Waals surface area contributed by atoms with Gasteiger partial charge in [0, 0.05) is 20.5 Å². The zero-order chi connectivity index (χ0) is 25.3. The number of likely N-dealkylation sites (N-methyl/N-ethyl adjacent to an activating group) is 2. The van der Waals surface area contributed by atoms with E-state index in [-0.39, 0.29) is 19.6 Å². The molecule has 0 unspecified atom stereocenters. The molecular formula is C26H35N3O5. The maximum absolute atomic E-state index is 13.5. The van der Waals surface area contributed by atoms with E-state index in [1.807, 2.05) is 60.7 Å². The molecule has 2 aromatic rings. The average Bonchev–Trinajstić information content (AvgIpc) is 2.79. The topological polar surface area (TPSA) is 102 Å². The Bertz CT molecular complexity index is 944. The molecule has 2 N–H and O–H groups in total. The minimum Gasteiger partial charge on any atom is -0.444 e. The number of benzene rings is 2. The van der Waals surface area contributed by atoms with Gasteiger partial charge in [0.15, 0.2) is 0 Å². The zero-order valence-electron chi connectivity index (χ0n) is 20.6. The smallest absolute Gasteiger partial charge is 0.410 e. The van der Waals surface area contributed by atoms with Gasteiger partial charge in [-0.25, -0.2) is 4.79 Å². The Hall–Kier alpha value is -3.39. The summed E-state index contributed by atoms with van der Waals surface area (Å²) in [6.45, 7) is 5.42. The first-order chi connectivity index (χ1) is 16.0. The lowest BCUT2D eigenvalue weighted by Crippen LogP contribution is -2.56. The highest BCUT2D eigenvalue weighted by atomic mass is 16.6. The Labute approximate surface area is 201 Å². The van der Waals surface area contributed by atoms with Crippen molar-refractivity contribution in [1.82, 2.24) is 9.80 Å². The number of rotatable bonds is 10. The summed E-state index contributed by atoms with van der Waals surface area (Å²) in [6, 6.07) is 16.9. The summed E-state index contributed by atoms with van der Waals surface area (Å²) in [4.78, 5) is 41.0. The van der Waals surface area contributed by atoms with Crippen LogP contribution in [0.15, 0.2) is 60.7 Å². The van der Waals surface area contributed by atoms with Crippen molar-refractivity contribution in [2.45, 2.75) is 51.5 Å². The van der Waals surface area contributed by atoms with Crippen LogP contribution in [0.3, 0.4) is 0 Å². The Morgan fingerprint density at radius 3 is 1.88 bits per heavy atom. The van der Waals surface area contributed by atoms with Gasteiger partial charge in [0.1, 0.15) is 17.7 Å². The fraction of sp³-hybridized carbons (Fsp3) is 0.423. The molecule has 0 bridgehead atoms. The first-order valence-corrected chi connectivity index (χ1v) is 11.2. The molecule has 0 heterocycles. The van der Waals surface area contributed by atoms with Crippen LogP contribution < -0.4 is 5.73 Å². The van der Waals surface area contributed by atoms with Crippen LogP contribution >= 0.6 is 0 Å². The molecule has 0 aliphatic heterocycles. The van der Waals surface area contributed by atoms with Gasteiger partial charge in [-0.2, -0.15) is 0 Å². The maximum Gasteiger partial charge on any atom is 0.410 e. The zero-order valence-corrected chi connectivity index (χ0v) is 20.6. The number of carbonyl (C=O) groups is 3. The van der Waals surface area contributed by atoms with Crippen molar-refractivity contribution in [1.29, 1.82) is 0 Å². The van der Waals surface area contributed by atoms with Crippen molar-refractivity contribution in [3.05, 3.63) is 71.8 Å². The van der Waals surface area contributed by atoms with Gasteiger partial charge in [0.05, 0.1) is 13.2 Å². The van der Waals surface area contributed by atoms with Gasteiger partial charge in [0.25, 0.3) is 0 Å². The third kappa shape index (κ3) is 8.19. The maximum atomic E-state index is 13.5. The van der Waals surface area contributed by atoms with E-state index in [1.165, 1.54) is 23.9 Å². The summed E-state index contributed by atoms with van der Waals surface area (Å²) in [5.41, 5.74) is 6.71. The van der Waals surface area contributed by atoms with Gasteiger partial charge >= 0.3 is 6.09 Å². The minimum atomic E-state index is -1.01. The lowest BCUT2D eigenvalue weighted by atomic mass is 10.0. The van der Waals surface area contributed by atoms with Crippen molar-refractivity contribution < 1.29 is 23.9 Å². The first kappa shape index (κ1) is 26.9. The summed E-state index contributed by atoms with van der Waals surface area (Å²) in [5, 5.41) is 0. The molecule has 8 nitrogen and oxygen atoms in total. The summed E-state index contributed by atoms with van der Waals surface area (Å²) < 4.78 is 11.2. The molecule has 0 saturated carbocycles. The first-order valence-electron chi connectivity index (χ1n) is 11.2. The Morgan fingerprint density at radius 1 is 0.853 bits per heavy atom. The van der Waals surface area contributed by atoms with E-state index < -0.39 is 35.6 Å². The number of amides is 3. The van der Waals surface area contributed by atoms with Crippen molar-refractivity contribution in [2.24, 2.45) is 5.73 Å². The monoisotopic (exact) mass is 469 g/mol. The fourth-order valence-electron chi connectivity index (χ4n) is 3.33. The highest BCUT2D eigenvalue weighted by molar-refractivity contribution is 5.91. The molecule has 0 saturated heterocycles. The molecule has 2 atom stereocenters. The summed E-state index contributed by atoms with van der Waals surface area (Å²) in [5.74, 6) is -1.11. The number of ether oxygens (including phenoxy) is 2. The minimum absolute atomic E-state index is 0.0787. The largest absolute Gasteiger partial charge is 0.444 e. The number of nitrogens with zero attached hydrogens (tertiary/aromatic N) is 2. The summed E-state index contributed by atoms with van der Waals surface area (Å²) in [6.07, 6.45) is -0.409. The lowest BCUT2D eigenvalue weighted by Gasteiger charge is -2.34. The summed E-state index contributed by atoms with van der Waals surface area (Å²) >= 11 is 0. The van der Waals surface area contributed by atoms with Crippen LogP contribution in [-0.2, 0) is 32.1 Å². The van der Waals surface area contributed by atoms with E-state index in [1.54, 1.807) is 20.8 Å². The van der Waals surface area contributed by atoms with E-state index in [0.717, 1.165) is 11.1 Å². The van der Waals surface area contributed by atoms with Crippen LogP contribution in [0.1, 0.15) is 31.9 Å². The molecule has 3 amide bonds. The predicted octanol–water partition coefficient (Wildman–Crippen LogP) is 2.99. The number of hydrogen-bond acceptors (Lipinski definition) is 5. The second-order valence-electron chi connectivity index (χ2n) is 9.16. The molecule has 0 aliphatic rings. The SMILES string of the molecule is CN(C(=O)OC(C)(C)C)[C@H](COCc1ccccc1)C(=O)N(C)[C@H](Cc1ccccc1)C(N)=O. The van der Waals surface area contributed by atoms with E-state index in [4.69, 9.17) is 15.2 Å². The van der Waals surface area contributed by atoms with Crippen molar-refractivity contribution in [3.63, 3.8) is 0 Å². The molecule has 0 fully saturated rings. The average molecular weight is 470 g/mol. The van der Waals surface area contributed by atoms with Crippen LogP contribution in [0.5, 0.6) is 0 Å². The van der Waals surface area contributed by atoms with Crippen LogP contribution in [0.4, 0.5) is 4.79 Å². The normalized spacial score (nSPS) is 13.0. The number of hydrogen-bond donors (Lipinski definition) is 1. The third-order valence-electron chi connectivity index (χ3n) is 5.24. The standard InChI is InChI=1S/C26H35N3O5/c1-26(2,3)34-25(32)29(5)22(18-33-17-20-14-10-7-11-15-20)24(31)28(4)21(23(27)30)16-19-12-8-6-9-13-19/h6-15,21-22H,16-18H2,1-5H3,(H2,27,30)/t21-,22-/m1/s1. The van der Waals surface area contributed by atoms with Crippen LogP contribution in [0.2, 0.25) is 0 Å². The molecule has 0 spiro atoms. The van der Waals surface area contributed by atoms with Crippen LogP contribution in [0.25, 0.3) is 0 Å². The predicted molar refractivity (Wildman–Crippen MR) is 130 cm³/mol. The van der Waals surface area contributed by atoms with E-state index in [2.05, 4.69) is 0 Å². The number of primary amides is 1. The molecule has 0 aromatic heterocycles. The Morgan fingerprint density at radius 2 is 1.38 bits per heavy atom. The van der Waals surface area contributed by atoms with E-state index >= 15 is 0 Å². The molecule has 34 heavy (non-hydrogen) atoms. The third-order valence-corrected chi connectivity index (χ3v) is 5.24. The molecule has 2 rings (SSSR count). The van der Waals surface area contributed by atoms with E-state index in [9.17, 15) is 14.4 Å². The second kappa shape index (κ2) is 12.2. The highest BCUT2D eigenvalue weighted by Gasteiger charge is 2.36. The molecule has 8 heteroatoms. The van der Waals surface area contributed by atoms with Crippen LogP contribution in [0, 0.1) is 0 Å². The summed E-state index contributed by atoms with van der Waals surface area (Å²) in [7, 11) is 2.99. The van der Waals surface area contributed by atoms with E-state index in [0.29, 0.717) is 0 Å². The molecule has 0 radical (unpaired) electrons. The van der Waals surface area contributed by atoms with Gasteiger partial charge < -0.3 is 20.1 Å². The van der Waals surface area contributed by atoms with Crippen molar-refractivity contribution in [3.8, 4) is 0 Å². The number of carbonyl (C=O) groups excluding carboxylic acids is 3. The highest BCUT2D eigenvalue weighted by Crippen LogP contribution is 2.15. The lowest BCUT2D eigenvalue weighted by molar-refractivity contribution is -0.143. The van der Waals surface area contributed by atoms with Crippen molar-refractivity contribution in [2.75, 3.05) is 20.7 Å². The van der Waals surface area contributed by atoms with Crippen molar-refractivity contribution >= 4 is 17.9 Å². The Kier molecular flexibility index (Phi) is 9.62. The Balaban J connectivity index is 2.22. The molecule has 2 aromatic carbocycles. The second-order valence-corrected chi connectivity index (χ2v) is 9.16. The van der Waals surface area contributed by atoms with Gasteiger partial charge in [0.2, 0.25) is 11.8 Å². The quantitative estimate of drug-likeness (QED) is 0.576. The van der Waals surface area contributed by atoms with Gasteiger partial charge in [-0.1, -0.05) is 60.7 Å². The fourth-order valence-corrected chi connectivity index (χ4v) is 3.33. The molecular weight excluding hydrogens is 434 g/mol. The molecule has 184 valence electrons. The van der Waals surface area contributed by atoms with Crippen LogP contribution in [-0.4, -0.2) is 66.1 Å².